The van der Waals surface area contributed by atoms with E-state index in [1.54, 1.807) is 13.0 Å². The van der Waals surface area contributed by atoms with E-state index >= 15 is 0 Å². The molecule has 0 saturated carbocycles. The molecule has 2 aromatic carbocycles. The maximum atomic E-state index is 12.9. The fourth-order valence-corrected chi connectivity index (χ4v) is 2.84. The number of aryl methyl sites for hydroxylation is 1. The first-order valence-corrected chi connectivity index (χ1v) is 9.06. The van der Waals surface area contributed by atoms with Gasteiger partial charge in [-0.1, -0.05) is 6.07 Å². The number of carbonyl (C=O) groups is 2. The zero-order valence-electron chi connectivity index (χ0n) is 14.8. The van der Waals surface area contributed by atoms with Gasteiger partial charge in [0.1, 0.15) is 11.6 Å². The Hall–Kier alpha value is -2.54. The SMILES string of the molecule is COc1ccc(C)cc1NC(=O)[C@@H](C)SCC(=O)Nc1ccc(F)cc1. The summed E-state index contributed by atoms with van der Waals surface area (Å²) in [5, 5.41) is 5.05. The van der Waals surface area contributed by atoms with Crippen LogP contribution in [0.5, 0.6) is 5.75 Å². The normalized spacial score (nSPS) is 11.5. The summed E-state index contributed by atoms with van der Waals surface area (Å²) >= 11 is 1.21. The fourth-order valence-electron chi connectivity index (χ4n) is 2.16. The second kappa shape index (κ2) is 9.24. The van der Waals surface area contributed by atoms with Crippen LogP contribution in [0.3, 0.4) is 0 Å². The Balaban J connectivity index is 1.86. The van der Waals surface area contributed by atoms with Crippen molar-refractivity contribution >= 4 is 35.0 Å². The predicted molar refractivity (Wildman–Crippen MR) is 103 cm³/mol. The smallest absolute Gasteiger partial charge is 0.237 e. The topological polar surface area (TPSA) is 67.4 Å². The number of methoxy groups -OCH3 is 1. The first kappa shape index (κ1) is 19.8. The molecule has 2 rings (SSSR count). The highest BCUT2D eigenvalue weighted by atomic mass is 32.2. The van der Waals surface area contributed by atoms with Gasteiger partial charge in [0.25, 0.3) is 0 Å². The molecule has 0 aliphatic carbocycles. The van der Waals surface area contributed by atoms with E-state index in [4.69, 9.17) is 4.74 Å². The van der Waals surface area contributed by atoms with E-state index in [-0.39, 0.29) is 23.4 Å². The number of hydrogen-bond donors (Lipinski definition) is 2. The zero-order chi connectivity index (χ0) is 19.1. The number of benzene rings is 2. The molecule has 7 heteroatoms. The van der Waals surface area contributed by atoms with Gasteiger partial charge in [0, 0.05) is 5.69 Å². The Morgan fingerprint density at radius 2 is 1.85 bits per heavy atom. The van der Waals surface area contributed by atoms with Crippen molar-refractivity contribution in [2.45, 2.75) is 19.1 Å². The summed E-state index contributed by atoms with van der Waals surface area (Å²) in [6.07, 6.45) is 0. The summed E-state index contributed by atoms with van der Waals surface area (Å²) in [6, 6.07) is 11.0. The van der Waals surface area contributed by atoms with Crippen LogP contribution in [0.1, 0.15) is 12.5 Å². The van der Waals surface area contributed by atoms with Crippen LogP contribution in [0.4, 0.5) is 15.8 Å². The van der Waals surface area contributed by atoms with Crippen LogP contribution in [0.15, 0.2) is 42.5 Å². The van der Waals surface area contributed by atoms with Gasteiger partial charge in [-0.3, -0.25) is 9.59 Å². The number of carbonyl (C=O) groups excluding carboxylic acids is 2. The number of halogens is 1. The number of ether oxygens (including phenoxy) is 1. The van der Waals surface area contributed by atoms with Gasteiger partial charge in [-0.15, -0.1) is 11.8 Å². The van der Waals surface area contributed by atoms with Crippen LogP contribution in [-0.2, 0) is 9.59 Å². The van der Waals surface area contributed by atoms with Crippen LogP contribution in [0, 0.1) is 12.7 Å². The molecular weight excluding hydrogens is 355 g/mol. The van der Waals surface area contributed by atoms with Gasteiger partial charge in [-0.25, -0.2) is 4.39 Å². The highest BCUT2D eigenvalue weighted by Crippen LogP contribution is 2.26. The molecule has 138 valence electrons. The standard InChI is InChI=1S/C19H21FN2O3S/c1-12-4-9-17(25-3)16(10-12)22-19(24)13(2)26-11-18(23)21-15-7-5-14(20)6-8-15/h4-10,13H,11H2,1-3H3,(H,21,23)(H,22,24)/t13-/m1/s1. The number of amides is 2. The number of nitrogens with one attached hydrogen (secondary N) is 2. The minimum absolute atomic E-state index is 0.108. The largest absolute Gasteiger partial charge is 0.495 e. The van der Waals surface area contributed by atoms with Gasteiger partial charge in [0.15, 0.2) is 0 Å². The lowest BCUT2D eigenvalue weighted by atomic mass is 10.2. The minimum atomic E-state index is -0.431. The molecule has 5 nitrogen and oxygen atoms in total. The van der Waals surface area contributed by atoms with E-state index in [1.807, 2.05) is 19.1 Å². The Labute approximate surface area is 156 Å². The molecule has 1 atom stereocenters. The van der Waals surface area contributed by atoms with Crippen molar-refractivity contribution in [3.05, 3.63) is 53.8 Å². The van der Waals surface area contributed by atoms with E-state index in [0.29, 0.717) is 17.1 Å². The van der Waals surface area contributed by atoms with Gasteiger partial charge < -0.3 is 15.4 Å². The summed E-state index contributed by atoms with van der Waals surface area (Å²) in [5.74, 6) is -0.149. The van der Waals surface area contributed by atoms with Crippen LogP contribution in [0.25, 0.3) is 0 Å². The summed E-state index contributed by atoms with van der Waals surface area (Å²) in [6.45, 7) is 3.65. The van der Waals surface area contributed by atoms with Crippen LogP contribution >= 0.6 is 11.8 Å². The first-order chi connectivity index (χ1) is 12.4. The van der Waals surface area contributed by atoms with Crippen LogP contribution in [0.2, 0.25) is 0 Å². The molecule has 0 spiro atoms. The second-order valence-corrected chi connectivity index (χ2v) is 7.03. The van der Waals surface area contributed by atoms with Gasteiger partial charge in [0.2, 0.25) is 11.8 Å². The third-order valence-corrected chi connectivity index (χ3v) is 4.72. The highest BCUT2D eigenvalue weighted by Gasteiger charge is 2.17. The van der Waals surface area contributed by atoms with Crippen molar-refractivity contribution in [3.8, 4) is 5.75 Å². The van der Waals surface area contributed by atoms with E-state index < -0.39 is 5.25 Å². The van der Waals surface area contributed by atoms with Gasteiger partial charge in [0.05, 0.1) is 23.8 Å². The Morgan fingerprint density at radius 3 is 2.50 bits per heavy atom. The number of anilines is 2. The van der Waals surface area contributed by atoms with Gasteiger partial charge in [-0.05, 0) is 55.8 Å². The Morgan fingerprint density at radius 1 is 1.15 bits per heavy atom. The van der Waals surface area contributed by atoms with Crippen LogP contribution in [-0.4, -0.2) is 29.9 Å². The molecule has 2 N–H and O–H groups in total. The maximum Gasteiger partial charge on any atom is 0.237 e. The highest BCUT2D eigenvalue weighted by molar-refractivity contribution is 8.01. The number of rotatable bonds is 7. The summed E-state index contributed by atoms with van der Waals surface area (Å²) in [4.78, 5) is 24.3. The van der Waals surface area contributed by atoms with Gasteiger partial charge >= 0.3 is 0 Å². The molecule has 2 amide bonds. The van der Waals surface area contributed by atoms with Crippen molar-refractivity contribution in [1.82, 2.24) is 0 Å². The Kier molecular flexibility index (Phi) is 7.03. The van der Waals surface area contributed by atoms with Crippen molar-refractivity contribution < 1.29 is 18.7 Å². The lowest BCUT2D eigenvalue weighted by Gasteiger charge is -2.14. The Bertz CT molecular complexity index is 781. The third-order valence-electron chi connectivity index (χ3n) is 3.57. The lowest BCUT2D eigenvalue weighted by molar-refractivity contribution is -0.115. The van der Waals surface area contributed by atoms with E-state index in [2.05, 4.69) is 10.6 Å². The number of thioether (sulfide) groups is 1. The lowest BCUT2D eigenvalue weighted by Crippen LogP contribution is -2.25. The van der Waals surface area contributed by atoms with Crippen molar-refractivity contribution in [1.29, 1.82) is 0 Å². The minimum Gasteiger partial charge on any atom is -0.495 e. The predicted octanol–water partition coefficient (Wildman–Crippen LogP) is 3.84. The molecule has 2 aromatic rings. The van der Waals surface area contributed by atoms with Crippen LogP contribution < -0.4 is 15.4 Å². The molecule has 0 aliphatic heterocycles. The molecule has 0 fully saturated rings. The average molecular weight is 376 g/mol. The van der Waals surface area contributed by atoms with E-state index in [0.717, 1.165) is 5.56 Å². The summed E-state index contributed by atoms with van der Waals surface area (Å²) in [7, 11) is 1.54. The van der Waals surface area contributed by atoms with Crippen molar-refractivity contribution in [2.75, 3.05) is 23.5 Å². The summed E-state index contributed by atoms with van der Waals surface area (Å²) < 4.78 is 18.1. The van der Waals surface area contributed by atoms with Crippen molar-refractivity contribution in [3.63, 3.8) is 0 Å². The van der Waals surface area contributed by atoms with Crippen molar-refractivity contribution in [2.24, 2.45) is 0 Å². The monoisotopic (exact) mass is 376 g/mol. The third kappa shape index (κ3) is 5.77. The first-order valence-electron chi connectivity index (χ1n) is 8.01. The summed E-state index contributed by atoms with van der Waals surface area (Å²) in [5.41, 5.74) is 2.11. The molecule has 0 unspecified atom stereocenters. The quantitative estimate of drug-likeness (QED) is 0.770. The molecule has 0 radical (unpaired) electrons. The fraction of sp³-hybridized carbons (Fsp3) is 0.263. The average Bonchev–Trinajstić information content (AvgIpc) is 2.61. The molecule has 0 bridgehead atoms. The molecule has 0 aliphatic rings. The van der Waals surface area contributed by atoms with Gasteiger partial charge in [-0.2, -0.15) is 0 Å². The molecule has 0 heterocycles. The second-order valence-electron chi connectivity index (χ2n) is 5.70. The van der Waals surface area contributed by atoms with E-state index in [1.165, 1.54) is 43.1 Å². The zero-order valence-corrected chi connectivity index (χ0v) is 15.7. The van der Waals surface area contributed by atoms with E-state index in [9.17, 15) is 14.0 Å². The number of hydrogen-bond acceptors (Lipinski definition) is 4. The maximum absolute atomic E-state index is 12.9. The molecule has 0 saturated heterocycles. The molecule has 26 heavy (non-hydrogen) atoms. The molecule has 0 aromatic heterocycles. The molecular formula is C19H21FN2O3S.